The number of benzene rings is 2. The van der Waals surface area contributed by atoms with Crippen molar-refractivity contribution in [3.63, 3.8) is 0 Å². The summed E-state index contributed by atoms with van der Waals surface area (Å²) in [6.45, 7) is 2.83. The van der Waals surface area contributed by atoms with Crippen LogP contribution >= 0.6 is 23.1 Å². The molecule has 1 saturated heterocycles. The van der Waals surface area contributed by atoms with Crippen LogP contribution in [-0.2, 0) is 6.54 Å². The van der Waals surface area contributed by atoms with Crippen molar-refractivity contribution in [3.8, 4) is 0 Å². The number of rotatable bonds is 6. The molecule has 1 N–H and O–H groups in total. The van der Waals surface area contributed by atoms with Crippen LogP contribution in [0, 0.1) is 0 Å². The number of nitrogens with zero attached hydrogens (tertiary/aromatic N) is 5. The number of H-pyrrole nitrogens is 1. The van der Waals surface area contributed by atoms with Crippen LogP contribution in [0.5, 0.6) is 0 Å². The van der Waals surface area contributed by atoms with Gasteiger partial charge < -0.3 is 9.88 Å². The van der Waals surface area contributed by atoms with Crippen LogP contribution in [0.1, 0.15) is 16.1 Å². The second-order valence-electron chi connectivity index (χ2n) is 8.68. The van der Waals surface area contributed by atoms with E-state index in [4.69, 9.17) is 0 Å². The third-order valence-electron chi connectivity index (χ3n) is 6.04. The minimum absolute atomic E-state index is 0.121. The Morgan fingerprint density at radius 2 is 1.74 bits per heavy atom. The van der Waals surface area contributed by atoms with E-state index in [1.165, 1.54) is 42.0 Å². The molecular formula is C24H20F6N6OS2. The summed E-state index contributed by atoms with van der Waals surface area (Å²) in [6, 6.07) is 10.00. The van der Waals surface area contributed by atoms with Crippen LogP contribution in [0.4, 0.5) is 37.2 Å². The van der Waals surface area contributed by atoms with E-state index < -0.39 is 17.7 Å². The van der Waals surface area contributed by atoms with Gasteiger partial charge in [0.05, 0.1) is 23.0 Å². The molecule has 0 spiro atoms. The summed E-state index contributed by atoms with van der Waals surface area (Å²) in [5.41, 5.74) is -3.28. The number of imidazole rings is 1. The first-order chi connectivity index (χ1) is 18.5. The number of thiazole rings is 1. The first-order valence-electron chi connectivity index (χ1n) is 11.6. The molecule has 39 heavy (non-hydrogen) atoms. The van der Waals surface area contributed by atoms with E-state index >= 15 is 0 Å². The molecule has 0 bridgehead atoms. The zero-order valence-electron chi connectivity index (χ0n) is 20.0. The molecule has 1 aliphatic heterocycles. The third-order valence-corrected chi connectivity index (χ3v) is 7.68. The maximum absolute atomic E-state index is 13.9. The number of amides is 1. The maximum atomic E-state index is 13.9. The molecule has 0 atom stereocenters. The van der Waals surface area contributed by atoms with Crippen molar-refractivity contribution >= 4 is 50.9 Å². The molecule has 0 aliphatic carbocycles. The molecule has 1 amide bonds. The summed E-state index contributed by atoms with van der Waals surface area (Å²) in [5, 5.41) is 1.76. The molecule has 2 aromatic heterocycles. The fraction of sp³-hybridized carbons (Fsp3) is 0.292. The topological polar surface area (TPSA) is 68.4 Å². The van der Waals surface area contributed by atoms with Crippen molar-refractivity contribution in [2.75, 3.05) is 36.0 Å². The molecule has 206 valence electrons. The third kappa shape index (κ3) is 6.47. The van der Waals surface area contributed by atoms with Crippen LogP contribution in [-0.4, -0.2) is 63.7 Å². The first kappa shape index (κ1) is 27.3. The van der Waals surface area contributed by atoms with Gasteiger partial charge in [0.15, 0.2) is 5.13 Å². The number of alkyl halides is 6. The number of fused-ring (bicyclic) bond motifs is 1. The first-order valence-corrected chi connectivity index (χ1v) is 13.3. The largest absolute Gasteiger partial charge is 0.491 e. The number of hydrogen-bond donors (Lipinski definition) is 1. The van der Waals surface area contributed by atoms with E-state index in [1.807, 2.05) is 4.90 Å². The minimum Gasteiger partial charge on any atom is -0.346 e. The molecule has 2 aromatic carbocycles. The predicted molar refractivity (Wildman–Crippen MR) is 137 cm³/mol. The summed E-state index contributed by atoms with van der Waals surface area (Å²) < 4.78 is 79.4. The number of carbonyl (C=O) groups excluding carboxylic acids is 1. The molecule has 5 rings (SSSR count). The van der Waals surface area contributed by atoms with Gasteiger partial charge in [-0.15, -0.1) is 24.5 Å². The lowest BCUT2D eigenvalue weighted by molar-refractivity contribution is -0.122. The minimum atomic E-state index is -4.97. The molecule has 4 aromatic rings. The highest BCUT2D eigenvalue weighted by molar-refractivity contribution is 8.00. The van der Waals surface area contributed by atoms with Gasteiger partial charge in [0.2, 0.25) is 0 Å². The van der Waals surface area contributed by atoms with Gasteiger partial charge in [-0.1, -0.05) is 12.1 Å². The average Bonchev–Trinajstić information content (AvgIpc) is 3.54. The van der Waals surface area contributed by atoms with E-state index in [0.29, 0.717) is 48.9 Å². The zero-order valence-corrected chi connectivity index (χ0v) is 21.6. The van der Waals surface area contributed by atoms with E-state index in [2.05, 4.69) is 19.9 Å². The lowest BCUT2D eigenvalue weighted by Crippen LogP contribution is -2.46. The number of aromatic amines is 1. The van der Waals surface area contributed by atoms with Crippen LogP contribution in [0.2, 0.25) is 0 Å². The quantitative estimate of drug-likeness (QED) is 0.167. The number of hydrogen-bond acceptors (Lipinski definition) is 7. The Hall–Kier alpha value is -3.30. The average molecular weight is 587 g/mol. The molecule has 7 nitrogen and oxygen atoms in total. The maximum Gasteiger partial charge on any atom is 0.491 e. The highest BCUT2D eigenvalue weighted by Crippen LogP contribution is 2.37. The molecular weight excluding hydrogens is 566 g/mol. The van der Waals surface area contributed by atoms with E-state index in [1.54, 1.807) is 12.1 Å². The van der Waals surface area contributed by atoms with E-state index in [0.717, 1.165) is 16.9 Å². The van der Waals surface area contributed by atoms with Crippen molar-refractivity contribution in [3.05, 3.63) is 65.4 Å². The number of halogens is 6. The smallest absolute Gasteiger partial charge is 0.346 e. The fourth-order valence-electron chi connectivity index (χ4n) is 4.22. The second-order valence-corrected chi connectivity index (χ2v) is 10.7. The lowest BCUT2D eigenvalue weighted by Gasteiger charge is -2.34. The Labute approximate surface area is 226 Å². The highest BCUT2D eigenvalue weighted by atomic mass is 32.2. The zero-order chi connectivity index (χ0) is 27.8. The van der Waals surface area contributed by atoms with E-state index in [9.17, 15) is 31.1 Å². The number of thioether (sulfide) groups is 1. The lowest BCUT2D eigenvalue weighted by atomic mass is 10.2. The Morgan fingerprint density at radius 3 is 2.41 bits per heavy atom. The Balaban J connectivity index is 1.22. The highest BCUT2D eigenvalue weighted by Gasteiger charge is 2.43. The van der Waals surface area contributed by atoms with Crippen molar-refractivity contribution < 1.29 is 31.1 Å². The normalized spacial score (nSPS) is 15.2. The number of piperazine rings is 1. The molecule has 1 aliphatic rings. The predicted octanol–water partition coefficient (Wildman–Crippen LogP) is 6.12. The number of aromatic nitrogens is 3. The van der Waals surface area contributed by atoms with Crippen LogP contribution in [0.25, 0.3) is 11.0 Å². The monoisotopic (exact) mass is 586 g/mol. The molecule has 0 radical (unpaired) electrons. The van der Waals surface area contributed by atoms with Gasteiger partial charge in [-0.05, 0) is 47.7 Å². The standard InChI is InChI=1S/C24H20F6N6OS2/c25-23(26,27)36(16-3-6-18-19(11-16)32-14-31-18)21(37)20-13-38-22(33-20)35-9-7-34(8-10-35)12-15-1-4-17(5-2-15)39-24(28,29)30/h1-6,11,13-14H,7-10,12H2,(H,31,32). The second kappa shape index (κ2) is 10.7. The van der Waals surface area contributed by atoms with Gasteiger partial charge in [0.1, 0.15) is 5.69 Å². The summed E-state index contributed by atoms with van der Waals surface area (Å²) in [7, 11) is 0. The molecule has 1 fully saturated rings. The van der Waals surface area contributed by atoms with Crippen LogP contribution < -0.4 is 9.80 Å². The summed E-state index contributed by atoms with van der Waals surface area (Å²) >= 11 is 0.934. The van der Waals surface area contributed by atoms with Gasteiger partial charge in [-0.3, -0.25) is 9.69 Å². The number of nitrogens with one attached hydrogen (secondary N) is 1. The summed E-state index contributed by atoms with van der Waals surface area (Å²) in [6.07, 6.45) is -3.61. The Kier molecular flexibility index (Phi) is 7.48. The van der Waals surface area contributed by atoms with Crippen LogP contribution in [0.15, 0.2) is 59.1 Å². The number of anilines is 2. The molecule has 0 unspecified atom stereocenters. The molecule has 15 heteroatoms. The van der Waals surface area contributed by atoms with Gasteiger partial charge in [0, 0.05) is 43.0 Å². The van der Waals surface area contributed by atoms with Crippen molar-refractivity contribution in [2.45, 2.75) is 23.2 Å². The van der Waals surface area contributed by atoms with Crippen molar-refractivity contribution in [2.24, 2.45) is 0 Å². The van der Waals surface area contributed by atoms with Gasteiger partial charge in [0.25, 0.3) is 5.91 Å². The molecule has 3 heterocycles. The summed E-state index contributed by atoms with van der Waals surface area (Å²) in [5.74, 6) is -1.28. The van der Waals surface area contributed by atoms with Crippen LogP contribution in [0.3, 0.4) is 0 Å². The number of carbonyl (C=O) groups is 1. The van der Waals surface area contributed by atoms with Gasteiger partial charge >= 0.3 is 11.8 Å². The van der Waals surface area contributed by atoms with Crippen molar-refractivity contribution in [1.82, 2.24) is 19.9 Å². The fourth-order valence-corrected chi connectivity index (χ4v) is 5.61. The SMILES string of the molecule is O=C(c1csc(N2CCN(Cc3ccc(SC(F)(F)F)cc3)CC2)n1)N(c1ccc2nc[nH]c2c1)C(F)(F)F. The van der Waals surface area contributed by atoms with Gasteiger partial charge in [-0.25, -0.2) is 14.9 Å². The van der Waals surface area contributed by atoms with Gasteiger partial charge in [-0.2, -0.15) is 13.2 Å². The van der Waals surface area contributed by atoms with E-state index in [-0.39, 0.29) is 32.9 Å². The Bertz CT molecular complexity index is 1440. The van der Waals surface area contributed by atoms with Crippen molar-refractivity contribution in [1.29, 1.82) is 0 Å². The molecule has 0 saturated carbocycles. The Morgan fingerprint density at radius 1 is 1.03 bits per heavy atom. The summed E-state index contributed by atoms with van der Waals surface area (Å²) in [4.78, 5) is 27.8.